The molecule has 224 valence electrons. The van der Waals surface area contributed by atoms with Gasteiger partial charge in [0.05, 0.1) is 13.2 Å². The Kier molecular flexibility index (Phi) is 26.9. The summed E-state index contributed by atoms with van der Waals surface area (Å²) < 4.78 is 12.3. The van der Waals surface area contributed by atoms with Crippen LogP contribution in [0.1, 0.15) is 160 Å². The molecule has 0 aliphatic rings. The number of aliphatic hydroxyl groups excluding tert-OH is 1. The lowest BCUT2D eigenvalue weighted by molar-refractivity contribution is 0.257. The van der Waals surface area contributed by atoms with Crippen LogP contribution in [0.4, 0.5) is 0 Å². The van der Waals surface area contributed by atoms with Crippen molar-refractivity contribution in [1.82, 2.24) is 0 Å². The predicted molar refractivity (Wildman–Crippen MR) is 167 cm³/mol. The van der Waals surface area contributed by atoms with Crippen LogP contribution in [0.2, 0.25) is 0 Å². The fourth-order valence-corrected chi connectivity index (χ4v) is 4.84. The van der Waals surface area contributed by atoms with E-state index >= 15 is 0 Å². The highest BCUT2D eigenvalue weighted by molar-refractivity contribution is 5.85. The van der Waals surface area contributed by atoms with Crippen molar-refractivity contribution in [3.8, 4) is 11.5 Å². The number of benzene rings is 1. The first kappa shape index (κ1) is 37.0. The van der Waals surface area contributed by atoms with Gasteiger partial charge in [-0.1, -0.05) is 135 Å². The summed E-state index contributed by atoms with van der Waals surface area (Å²) in [5.74, 6) is 1.62. The van der Waals surface area contributed by atoms with Gasteiger partial charge in [0.1, 0.15) is 0 Å². The van der Waals surface area contributed by atoms with Crippen LogP contribution < -0.4 is 15.2 Å². The van der Waals surface area contributed by atoms with E-state index in [1.54, 1.807) is 0 Å². The maximum atomic E-state index is 9.27. The van der Waals surface area contributed by atoms with Crippen molar-refractivity contribution in [2.24, 2.45) is 5.73 Å². The number of rotatable bonds is 27. The molecule has 0 heterocycles. The van der Waals surface area contributed by atoms with E-state index in [0.717, 1.165) is 36.5 Å². The third-order valence-electron chi connectivity index (χ3n) is 7.35. The summed E-state index contributed by atoms with van der Waals surface area (Å²) in [6, 6.07) is 5.85. The van der Waals surface area contributed by atoms with E-state index in [2.05, 4.69) is 13.8 Å². The first-order chi connectivity index (χ1) is 18.2. The Balaban J connectivity index is 0.0000137. The van der Waals surface area contributed by atoms with E-state index in [-0.39, 0.29) is 25.1 Å². The summed E-state index contributed by atoms with van der Waals surface area (Å²) in [5, 5.41) is 9.27. The Morgan fingerprint density at radius 2 is 1.00 bits per heavy atom. The summed E-state index contributed by atoms with van der Waals surface area (Å²) in [5.41, 5.74) is 7.24. The van der Waals surface area contributed by atoms with Crippen LogP contribution in [0.25, 0.3) is 0 Å². The molecule has 38 heavy (non-hydrogen) atoms. The second-order valence-electron chi connectivity index (χ2n) is 10.9. The van der Waals surface area contributed by atoms with Gasteiger partial charge in [-0.05, 0) is 37.0 Å². The zero-order valence-corrected chi connectivity index (χ0v) is 25.8. The first-order valence-electron chi connectivity index (χ1n) is 16.0. The van der Waals surface area contributed by atoms with Gasteiger partial charge in [0.2, 0.25) is 0 Å². The summed E-state index contributed by atoms with van der Waals surface area (Å²) >= 11 is 0. The largest absolute Gasteiger partial charge is 0.490 e. The second kappa shape index (κ2) is 27.6. The molecule has 0 aliphatic carbocycles. The molecule has 0 aromatic heterocycles. The molecule has 0 saturated carbocycles. The van der Waals surface area contributed by atoms with Crippen molar-refractivity contribution in [3.05, 3.63) is 23.8 Å². The fraction of sp³-hybridized carbons (Fsp3) is 0.818. The molecule has 0 bridgehead atoms. The van der Waals surface area contributed by atoms with E-state index in [4.69, 9.17) is 15.2 Å². The third-order valence-corrected chi connectivity index (χ3v) is 7.35. The number of aliphatic hydroxyl groups is 1. The van der Waals surface area contributed by atoms with Crippen molar-refractivity contribution in [1.29, 1.82) is 0 Å². The van der Waals surface area contributed by atoms with Crippen LogP contribution in [-0.4, -0.2) is 24.9 Å². The summed E-state index contributed by atoms with van der Waals surface area (Å²) in [7, 11) is 0. The Morgan fingerprint density at radius 3 is 1.42 bits per heavy atom. The average molecular weight is 556 g/mol. The van der Waals surface area contributed by atoms with Gasteiger partial charge in [-0.15, -0.1) is 12.4 Å². The minimum absolute atomic E-state index is 0. The van der Waals surface area contributed by atoms with Crippen LogP contribution in [0.5, 0.6) is 11.5 Å². The molecule has 1 aromatic rings. The van der Waals surface area contributed by atoms with Crippen molar-refractivity contribution < 1.29 is 14.6 Å². The van der Waals surface area contributed by atoms with Crippen molar-refractivity contribution in [2.45, 2.75) is 155 Å². The van der Waals surface area contributed by atoms with Gasteiger partial charge in [0.25, 0.3) is 0 Å². The van der Waals surface area contributed by atoms with Crippen molar-refractivity contribution in [3.63, 3.8) is 0 Å². The molecule has 0 spiro atoms. The van der Waals surface area contributed by atoms with E-state index in [1.807, 2.05) is 18.2 Å². The Bertz CT molecular complexity index is 628. The van der Waals surface area contributed by atoms with E-state index in [0.29, 0.717) is 13.0 Å². The lowest BCUT2D eigenvalue weighted by Gasteiger charge is -2.17. The summed E-state index contributed by atoms with van der Waals surface area (Å²) in [6.45, 7) is 6.08. The standard InChI is InChI=1S/C33H61NO3.ClH/c1-3-5-7-9-11-13-15-17-19-21-27-36-32-24-23-30(31(34)25-26-35)29-33(32)37-28-22-20-18-16-14-12-10-8-6-4-2;/h23-24,29,31,35H,3-22,25-28,34H2,1-2H3;1H. The average Bonchev–Trinajstić information content (AvgIpc) is 2.91. The van der Waals surface area contributed by atoms with Crippen LogP contribution in [-0.2, 0) is 0 Å². The van der Waals surface area contributed by atoms with Gasteiger partial charge >= 0.3 is 0 Å². The molecule has 4 nitrogen and oxygen atoms in total. The number of ether oxygens (including phenoxy) is 2. The SMILES string of the molecule is CCCCCCCCCCCCOc1ccc(C(N)CCO)cc1OCCCCCCCCCCCC.Cl. The zero-order valence-electron chi connectivity index (χ0n) is 25.0. The topological polar surface area (TPSA) is 64.7 Å². The molecule has 0 saturated heterocycles. The predicted octanol–water partition coefficient (Wildman–Crippen LogP) is 10.1. The molecule has 1 aromatic carbocycles. The van der Waals surface area contributed by atoms with Gasteiger partial charge in [-0.2, -0.15) is 0 Å². The molecular weight excluding hydrogens is 494 g/mol. The van der Waals surface area contributed by atoms with Crippen molar-refractivity contribution >= 4 is 12.4 Å². The number of hydrogen-bond acceptors (Lipinski definition) is 4. The van der Waals surface area contributed by atoms with Crippen LogP contribution >= 0.6 is 12.4 Å². The molecular formula is C33H62ClNO3. The molecule has 0 aliphatic heterocycles. The van der Waals surface area contributed by atoms with Crippen molar-refractivity contribution in [2.75, 3.05) is 19.8 Å². The maximum absolute atomic E-state index is 9.27. The lowest BCUT2D eigenvalue weighted by Crippen LogP contribution is -2.12. The highest BCUT2D eigenvalue weighted by Gasteiger charge is 2.12. The summed E-state index contributed by atoms with van der Waals surface area (Å²) in [4.78, 5) is 0. The van der Waals surface area contributed by atoms with Crippen LogP contribution in [0.3, 0.4) is 0 Å². The smallest absolute Gasteiger partial charge is 0.161 e. The third kappa shape index (κ3) is 20.0. The first-order valence-corrected chi connectivity index (χ1v) is 16.0. The van der Waals surface area contributed by atoms with Gasteiger partial charge in [-0.25, -0.2) is 0 Å². The summed E-state index contributed by atoms with van der Waals surface area (Å²) in [6.07, 6.45) is 26.9. The Labute approximate surface area is 242 Å². The molecule has 5 heteroatoms. The molecule has 1 unspecified atom stereocenters. The molecule has 0 amide bonds. The van der Waals surface area contributed by atoms with E-state index < -0.39 is 0 Å². The molecule has 1 atom stereocenters. The molecule has 1 rings (SSSR count). The minimum atomic E-state index is -0.180. The number of hydrogen-bond donors (Lipinski definition) is 2. The Hall–Kier alpha value is -0.970. The zero-order chi connectivity index (χ0) is 26.8. The monoisotopic (exact) mass is 555 g/mol. The molecule has 0 radical (unpaired) electrons. The molecule has 0 fully saturated rings. The van der Waals surface area contributed by atoms with Crippen LogP contribution in [0.15, 0.2) is 18.2 Å². The van der Waals surface area contributed by atoms with E-state index in [9.17, 15) is 5.11 Å². The van der Waals surface area contributed by atoms with Gasteiger partial charge < -0.3 is 20.3 Å². The number of unbranched alkanes of at least 4 members (excludes halogenated alkanes) is 18. The second-order valence-corrected chi connectivity index (χ2v) is 10.9. The lowest BCUT2D eigenvalue weighted by atomic mass is 10.0. The minimum Gasteiger partial charge on any atom is -0.490 e. The number of halogens is 1. The number of nitrogens with two attached hydrogens (primary N) is 1. The fourth-order valence-electron chi connectivity index (χ4n) is 4.84. The molecule has 3 N–H and O–H groups in total. The van der Waals surface area contributed by atoms with Gasteiger partial charge in [-0.3, -0.25) is 0 Å². The quantitative estimate of drug-likeness (QED) is 0.106. The maximum Gasteiger partial charge on any atom is 0.161 e. The van der Waals surface area contributed by atoms with Gasteiger partial charge in [0.15, 0.2) is 11.5 Å². The van der Waals surface area contributed by atoms with E-state index in [1.165, 1.54) is 116 Å². The Morgan fingerprint density at radius 1 is 0.605 bits per heavy atom. The van der Waals surface area contributed by atoms with Gasteiger partial charge in [0, 0.05) is 12.6 Å². The highest BCUT2D eigenvalue weighted by atomic mass is 35.5. The normalized spacial score (nSPS) is 11.8. The van der Waals surface area contributed by atoms with Crippen LogP contribution in [0, 0.1) is 0 Å². The highest BCUT2D eigenvalue weighted by Crippen LogP contribution is 2.31.